The molecule has 0 aliphatic carbocycles. The lowest BCUT2D eigenvalue weighted by Crippen LogP contribution is -2.31. The lowest BCUT2D eigenvalue weighted by Gasteiger charge is -2.15. The zero-order valence-corrected chi connectivity index (χ0v) is 12.3. The van der Waals surface area contributed by atoms with Crippen molar-refractivity contribution in [2.45, 2.75) is 12.8 Å². The van der Waals surface area contributed by atoms with Crippen molar-refractivity contribution in [1.29, 1.82) is 0 Å². The molecule has 1 aromatic rings. The van der Waals surface area contributed by atoms with Crippen molar-refractivity contribution in [3.63, 3.8) is 0 Å². The second-order valence-corrected chi connectivity index (χ2v) is 5.21. The van der Waals surface area contributed by atoms with Crippen LogP contribution in [0.25, 0.3) is 0 Å². The standard InChI is InChI=1S/C13H17BrN2O3/c1-16(7-3-6-13(18)19)9-12(17)15-11-5-2-4-10(14)8-11/h2,4-5,8H,3,6-7,9H2,1H3,(H,15,17)(H,18,19). The Morgan fingerprint density at radius 3 is 2.79 bits per heavy atom. The molecule has 0 bridgehead atoms. The first-order valence-electron chi connectivity index (χ1n) is 5.93. The second-order valence-electron chi connectivity index (χ2n) is 4.29. The monoisotopic (exact) mass is 328 g/mol. The highest BCUT2D eigenvalue weighted by Crippen LogP contribution is 2.15. The van der Waals surface area contributed by atoms with Crippen molar-refractivity contribution in [3.05, 3.63) is 28.7 Å². The number of aliphatic carboxylic acids is 1. The zero-order valence-electron chi connectivity index (χ0n) is 10.7. The Bertz CT molecular complexity index is 451. The SMILES string of the molecule is CN(CCCC(=O)O)CC(=O)Nc1cccc(Br)c1. The molecule has 6 heteroatoms. The van der Waals surface area contributed by atoms with Crippen LogP contribution in [0.5, 0.6) is 0 Å². The molecule has 0 aromatic heterocycles. The number of hydrogen-bond donors (Lipinski definition) is 2. The van der Waals surface area contributed by atoms with Crippen molar-refractivity contribution in [2.24, 2.45) is 0 Å². The first-order chi connectivity index (χ1) is 8.97. The summed E-state index contributed by atoms with van der Waals surface area (Å²) in [7, 11) is 1.79. The average molecular weight is 329 g/mol. The van der Waals surface area contributed by atoms with Gasteiger partial charge in [-0.2, -0.15) is 0 Å². The van der Waals surface area contributed by atoms with E-state index in [1.807, 2.05) is 24.3 Å². The Kier molecular flexibility index (Phi) is 6.52. The maximum absolute atomic E-state index is 11.7. The van der Waals surface area contributed by atoms with Crippen LogP contribution in [0.3, 0.4) is 0 Å². The fourth-order valence-electron chi connectivity index (χ4n) is 1.59. The highest BCUT2D eigenvalue weighted by Gasteiger charge is 2.07. The van der Waals surface area contributed by atoms with Gasteiger partial charge in [0.25, 0.3) is 0 Å². The van der Waals surface area contributed by atoms with Gasteiger partial charge in [-0.1, -0.05) is 22.0 Å². The molecular formula is C13H17BrN2O3. The number of halogens is 1. The van der Waals surface area contributed by atoms with Gasteiger partial charge in [-0.25, -0.2) is 0 Å². The van der Waals surface area contributed by atoms with Crippen LogP contribution in [0.15, 0.2) is 28.7 Å². The van der Waals surface area contributed by atoms with Crippen molar-refractivity contribution in [3.8, 4) is 0 Å². The number of nitrogens with zero attached hydrogens (tertiary/aromatic N) is 1. The van der Waals surface area contributed by atoms with Gasteiger partial charge in [-0.3, -0.25) is 14.5 Å². The van der Waals surface area contributed by atoms with Gasteiger partial charge in [0.05, 0.1) is 6.54 Å². The predicted octanol–water partition coefficient (Wildman–Crippen LogP) is 2.18. The van der Waals surface area contributed by atoms with Gasteiger partial charge in [-0.15, -0.1) is 0 Å². The van der Waals surface area contributed by atoms with Crippen LogP contribution in [0, 0.1) is 0 Å². The van der Waals surface area contributed by atoms with Crippen LogP contribution in [-0.4, -0.2) is 42.0 Å². The first kappa shape index (κ1) is 15.7. The van der Waals surface area contributed by atoms with Crippen molar-refractivity contribution < 1.29 is 14.7 Å². The van der Waals surface area contributed by atoms with E-state index in [9.17, 15) is 9.59 Å². The molecule has 0 saturated carbocycles. The van der Waals surface area contributed by atoms with E-state index < -0.39 is 5.97 Å². The van der Waals surface area contributed by atoms with Crippen LogP contribution in [0.4, 0.5) is 5.69 Å². The van der Waals surface area contributed by atoms with Crippen LogP contribution in [-0.2, 0) is 9.59 Å². The number of nitrogens with one attached hydrogen (secondary N) is 1. The number of likely N-dealkylation sites (N-methyl/N-ethyl adjacent to an activating group) is 1. The normalized spacial score (nSPS) is 10.5. The molecule has 5 nitrogen and oxygen atoms in total. The van der Waals surface area contributed by atoms with Gasteiger partial charge in [0.2, 0.25) is 5.91 Å². The van der Waals surface area contributed by atoms with Gasteiger partial charge < -0.3 is 10.4 Å². The van der Waals surface area contributed by atoms with Crippen molar-refractivity contribution >= 4 is 33.5 Å². The van der Waals surface area contributed by atoms with E-state index in [0.717, 1.165) is 10.2 Å². The molecule has 0 saturated heterocycles. The second kappa shape index (κ2) is 7.91. The van der Waals surface area contributed by atoms with E-state index in [2.05, 4.69) is 21.2 Å². The predicted molar refractivity (Wildman–Crippen MR) is 77.1 cm³/mol. The highest BCUT2D eigenvalue weighted by atomic mass is 79.9. The molecule has 0 aliphatic heterocycles. The van der Waals surface area contributed by atoms with E-state index in [1.165, 1.54) is 0 Å². The lowest BCUT2D eigenvalue weighted by molar-refractivity contribution is -0.137. The molecule has 19 heavy (non-hydrogen) atoms. The number of carboxylic acids is 1. The lowest BCUT2D eigenvalue weighted by atomic mass is 10.3. The van der Waals surface area contributed by atoms with E-state index in [-0.39, 0.29) is 18.9 Å². The maximum Gasteiger partial charge on any atom is 0.303 e. The van der Waals surface area contributed by atoms with Crippen LogP contribution in [0.2, 0.25) is 0 Å². The van der Waals surface area contributed by atoms with Crippen LogP contribution >= 0.6 is 15.9 Å². The minimum absolute atomic E-state index is 0.115. The minimum atomic E-state index is -0.813. The Morgan fingerprint density at radius 2 is 2.16 bits per heavy atom. The Hall–Kier alpha value is -1.40. The molecule has 104 valence electrons. The Balaban J connectivity index is 2.32. The molecule has 0 unspecified atom stereocenters. The molecule has 2 N–H and O–H groups in total. The number of carbonyl (C=O) groups excluding carboxylic acids is 1. The fourth-order valence-corrected chi connectivity index (χ4v) is 1.99. The summed E-state index contributed by atoms with van der Waals surface area (Å²) < 4.78 is 0.903. The van der Waals surface area contributed by atoms with Gasteiger partial charge in [-0.05, 0) is 38.2 Å². The number of carboxylic acid groups (broad SMARTS) is 1. The maximum atomic E-state index is 11.7. The summed E-state index contributed by atoms with van der Waals surface area (Å²) in [6, 6.07) is 7.36. The summed E-state index contributed by atoms with van der Waals surface area (Å²) >= 11 is 3.33. The Labute approximate surface area is 120 Å². The first-order valence-corrected chi connectivity index (χ1v) is 6.72. The van der Waals surface area contributed by atoms with E-state index in [1.54, 1.807) is 11.9 Å². The molecule has 1 amide bonds. The molecule has 0 radical (unpaired) electrons. The number of carbonyl (C=O) groups is 2. The van der Waals surface area contributed by atoms with Gasteiger partial charge in [0.15, 0.2) is 0 Å². The smallest absolute Gasteiger partial charge is 0.303 e. The third kappa shape index (κ3) is 6.93. The minimum Gasteiger partial charge on any atom is -0.481 e. The molecule has 0 atom stereocenters. The number of amides is 1. The Morgan fingerprint density at radius 1 is 1.42 bits per heavy atom. The largest absolute Gasteiger partial charge is 0.481 e. The van der Waals surface area contributed by atoms with Crippen LogP contribution < -0.4 is 5.32 Å². The average Bonchev–Trinajstić information content (AvgIpc) is 2.27. The summed E-state index contributed by atoms with van der Waals surface area (Å²) in [6.45, 7) is 0.824. The number of benzene rings is 1. The van der Waals surface area contributed by atoms with Gasteiger partial charge in [0.1, 0.15) is 0 Å². The van der Waals surface area contributed by atoms with Crippen LogP contribution in [0.1, 0.15) is 12.8 Å². The molecular weight excluding hydrogens is 312 g/mol. The summed E-state index contributed by atoms with van der Waals surface area (Å²) in [5.74, 6) is -0.928. The highest BCUT2D eigenvalue weighted by molar-refractivity contribution is 9.10. The summed E-state index contributed by atoms with van der Waals surface area (Å²) in [4.78, 5) is 23.9. The summed E-state index contributed by atoms with van der Waals surface area (Å²) in [5, 5.41) is 11.3. The van der Waals surface area contributed by atoms with E-state index in [0.29, 0.717) is 13.0 Å². The number of hydrogen-bond acceptors (Lipinski definition) is 3. The van der Waals surface area contributed by atoms with E-state index >= 15 is 0 Å². The number of rotatable bonds is 7. The topological polar surface area (TPSA) is 69.6 Å². The zero-order chi connectivity index (χ0) is 14.3. The molecule has 0 spiro atoms. The fraction of sp³-hybridized carbons (Fsp3) is 0.385. The summed E-state index contributed by atoms with van der Waals surface area (Å²) in [6.07, 6.45) is 0.660. The van der Waals surface area contributed by atoms with Crippen molar-refractivity contribution in [2.75, 3.05) is 25.5 Å². The number of anilines is 1. The molecule has 0 fully saturated rings. The van der Waals surface area contributed by atoms with E-state index in [4.69, 9.17) is 5.11 Å². The molecule has 0 heterocycles. The molecule has 1 aromatic carbocycles. The van der Waals surface area contributed by atoms with Gasteiger partial charge >= 0.3 is 5.97 Å². The molecule has 1 rings (SSSR count). The van der Waals surface area contributed by atoms with Crippen molar-refractivity contribution in [1.82, 2.24) is 4.90 Å². The third-order valence-electron chi connectivity index (χ3n) is 2.45. The van der Waals surface area contributed by atoms with Gasteiger partial charge in [0, 0.05) is 16.6 Å². The quantitative estimate of drug-likeness (QED) is 0.804. The summed E-state index contributed by atoms with van der Waals surface area (Å²) in [5.41, 5.74) is 0.735. The molecule has 0 aliphatic rings. The third-order valence-corrected chi connectivity index (χ3v) is 2.95.